The van der Waals surface area contributed by atoms with E-state index in [0.29, 0.717) is 0 Å². The van der Waals surface area contributed by atoms with Crippen LogP contribution in [0.5, 0.6) is 17.2 Å². The van der Waals surface area contributed by atoms with Crippen molar-refractivity contribution in [2.75, 3.05) is 14.2 Å². The first kappa shape index (κ1) is 12.9. The van der Waals surface area contributed by atoms with E-state index in [2.05, 4.69) is 9.72 Å². The number of ether oxygens (including phenoxy) is 3. The zero-order valence-corrected chi connectivity index (χ0v) is 8.83. The molecule has 0 spiro atoms. The molecule has 92 valence electrons. The quantitative estimate of drug-likeness (QED) is 0.816. The van der Waals surface area contributed by atoms with Gasteiger partial charge in [0.05, 0.1) is 20.4 Å². The van der Waals surface area contributed by atoms with Gasteiger partial charge in [-0.05, 0) is 0 Å². The Morgan fingerprint density at radius 2 is 1.82 bits per heavy atom. The van der Waals surface area contributed by atoms with Crippen molar-refractivity contribution in [1.82, 2.24) is 4.98 Å². The third kappa shape index (κ3) is 2.90. The van der Waals surface area contributed by atoms with E-state index in [0.717, 1.165) is 13.3 Å². The van der Waals surface area contributed by atoms with Crippen LogP contribution in [0.3, 0.4) is 0 Å². The van der Waals surface area contributed by atoms with Crippen LogP contribution >= 0.6 is 0 Å². The molecule has 1 rings (SSSR count). The molecule has 1 aromatic heterocycles. The second-order valence-electron chi connectivity index (χ2n) is 2.70. The molecule has 5 nitrogen and oxygen atoms in total. The molecule has 0 saturated carbocycles. The largest absolute Gasteiger partial charge is 0.573 e. The van der Waals surface area contributed by atoms with Gasteiger partial charge in [-0.15, -0.1) is 13.2 Å². The molecule has 0 aliphatic heterocycles. The number of alkyl halides is 3. The van der Waals surface area contributed by atoms with Crippen LogP contribution in [0.15, 0.2) is 6.20 Å². The summed E-state index contributed by atoms with van der Waals surface area (Å²) in [6.45, 7) is 0. The van der Waals surface area contributed by atoms with Gasteiger partial charge in [0.15, 0.2) is 11.4 Å². The van der Waals surface area contributed by atoms with Crippen LogP contribution in [-0.2, 0) is 0 Å². The number of rotatable bonds is 3. The molecular formula is C9H7F3N2O3. The predicted molar refractivity (Wildman–Crippen MR) is 48.7 cm³/mol. The lowest BCUT2D eigenvalue weighted by atomic mass is 10.3. The number of pyridine rings is 1. The SMILES string of the molecule is COc1c(OC(F)(F)F)cnc(C#N)c1OC. The Morgan fingerprint density at radius 1 is 1.24 bits per heavy atom. The number of halogens is 3. The zero-order valence-electron chi connectivity index (χ0n) is 8.83. The van der Waals surface area contributed by atoms with E-state index in [1.54, 1.807) is 6.07 Å². The Morgan fingerprint density at radius 3 is 2.24 bits per heavy atom. The second kappa shape index (κ2) is 4.78. The highest BCUT2D eigenvalue weighted by atomic mass is 19.4. The zero-order chi connectivity index (χ0) is 13.1. The normalized spacial score (nSPS) is 10.6. The standard InChI is InChI=1S/C9H7F3N2O3/c1-15-7-5(3-13)14-4-6(8(7)16-2)17-9(10,11)12/h4H,1-2H3. The summed E-state index contributed by atoms with van der Waals surface area (Å²) in [5.41, 5.74) is -0.195. The van der Waals surface area contributed by atoms with Crippen LogP contribution < -0.4 is 14.2 Å². The lowest BCUT2D eigenvalue weighted by Crippen LogP contribution is -2.18. The summed E-state index contributed by atoms with van der Waals surface area (Å²) >= 11 is 0. The molecule has 1 heterocycles. The first-order valence-corrected chi connectivity index (χ1v) is 4.19. The van der Waals surface area contributed by atoms with Crippen LogP contribution in [0, 0.1) is 11.3 Å². The third-order valence-electron chi connectivity index (χ3n) is 1.70. The Balaban J connectivity index is 3.30. The fraction of sp³-hybridized carbons (Fsp3) is 0.333. The van der Waals surface area contributed by atoms with Gasteiger partial charge >= 0.3 is 6.36 Å². The highest BCUT2D eigenvalue weighted by Crippen LogP contribution is 2.40. The van der Waals surface area contributed by atoms with Crippen molar-refractivity contribution in [1.29, 1.82) is 5.26 Å². The molecule has 1 aromatic rings. The topological polar surface area (TPSA) is 64.4 Å². The van der Waals surface area contributed by atoms with Crippen molar-refractivity contribution in [3.63, 3.8) is 0 Å². The molecule has 0 N–H and O–H groups in total. The number of methoxy groups -OCH3 is 2. The van der Waals surface area contributed by atoms with E-state index in [-0.39, 0.29) is 17.2 Å². The van der Waals surface area contributed by atoms with Crippen LogP contribution in [0.25, 0.3) is 0 Å². The van der Waals surface area contributed by atoms with Crippen LogP contribution in [-0.4, -0.2) is 25.6 Å². The monoisotopic (exact) mass is 248 g/mol. The molecule has 0 bridgehead atoms. The molecule has 0 radical (unpaired) electrons. The van der Waals surface area contributed by atoms with E-state index in [1.165, 1.54) is 7.11 Å². The maximum absolute atomic E-state index is 12.1. The molecular weight excluding hydrogens is 241 g/mol. The van der Waals surface area contributed by atoms with E-state index < -0.39 is 12.1 Å². The van der Waals surface area contributed by atoms with Crippen molar-refractivity contribution < 1.29 is 27.4 Å². The van der Waals surface area contributed by atoms with Gasteiger partial charge in [0.1, 0.15) is 6.07 Å². The van der Waals surface area contributed by atoms with Gasteiger partial charge in [0, 0.05) is 0 Å². The first-order chi connectivity index (χ1) is 7.92. The minimum atomic E-state index is -4.88. The Bertz CT molecular complexity index is 454. The average molecular weight is 248 g/mol. The molecule has 0 fully saturated rings. The average Bonchev–Trinajstić information content (AvgIpc) is 2.26. The van der Waals surface area contributed by atoms with Gasteiger partial charge in [0.25, 0.3) is 0 Å². The summed E-state index contributed by atoms with van der Waals surface area (Å²) in [5.74, 6) is -1.22. The van der Waals surface area contributed by atoms with Crippen LogP contribution in [0.4, 0.5) is 13.2 Å². The van der Waals surface area contributed by atoms with E-state index in [4.69, 9.17) is 14.7 Å². The van der Waals surface area contributed by atoms with Crippen LogP contribution in [0.1, 0.15) is 5.69 Å². The van der Waals surface area contributed by atoms with Gasteiger partial charge in [0.2, 0.25) is 11.5 Å². The molecule has 8 heteroatoms. The van der Waals surface area contributed by atoms with Crippen molar-refractivity contribution in [2.45, 2.75) is 6.36 Å². The highest BCUT2D eigenvalue weighted by molar-refractivity contribution is 5.55. The smallest absolute Gasteiger partial charge is 0.490 e. The Kier molecular flexibility index (Phi) is 3.62. The van der Waals surface area contributed by atoms with E-state index in [9.17, 15) is 13.2 Å². The fourth-order valence-electron chi connectivity index (χ4n) is 1.12. The summed E-state index contributed by atoms with van der Waals surface area (Å²) < 4.78 is 49.4. The Labute approximate surface area is 94.3 Å². The lowest BCUT2D eigenvalue weighted by molar-refractivity contribution is -0.275. The maximum Gasteiger partial charge on any atom is 0.573 e. The second-order valence-corrected chi connectivity index (χ2v) is 2.70. The number of nitrogens with zero attached hydrogens (tertiary/aromatic N) is 2. The first-order valence-electron chi connectivity index (χ1n) is 4.19. The van der Waals surface area contributed by atoms with Crippen molar-refractivity contribution in [3.8, 4) is 23.3 Å². The summed E-state index contributed by atoms with van der Waals surface area (Å²) in [5, 5.41) is 8.68. The fourth-order valence-corrected chi connectivity index (χ4v) is 1.12. The van der Waals surface area contributed by atoms with Crippen LogP contribution in [0.2, 0.25) is 0 Å². The summed E-state index contributed by atoms with van der Waals surface area (Å²) in [6.07, 6.45) is -4.14. The van der Waals surface area contributed by atoms with Gasteiger partial charge in [-0.2, -0.15) is 5.26 Å². The van der Waals surface area contributed by atoms with E-state index >= 15 is 0 Å². The number of hydrogen-bond donors (Lipinski definition) is 0. The van der Waals surface area contributed by atoms with Crippen molar-refractivity contribution in [2.24, 2.45) is 0 Å². The van der Waals surface area contributed by atoms with Gasteiger partial charge in [-0.3, -0.25) is 0 Å². The minimum absolute atomic E-state index is 0.195. The number of nitriles is 1. The Hall–Kier alpha value is -2.17. The summed E-state index contributed by atoms with van der Waals surface area (Å²) in [6, 6.07) is 1.66. The molecule has 0 saturated heterocycles. The lowest BCUT2D eigenvalue weighted by Gasteiger charge is -2.14. The highest BCUT2D eigenvalue weighted by Gasteiger charge is 2.34. The van der Waals surface area contributed by atoms with Gasteiger partial charge in [-0.1, -0.05) is 0 Å². The molecule has 0 unspecified atom stereocenters. The number of hydrogen-bond acceptors (Lipinski definition) is 5. The van der Waals surface area contributed by atoms with Gasteiger partial charge in [-0.25, -0.2) is 4.98 Å². The maximum atomic E-state index is 12.1. The third-order valence-corrected chi connectivity index (χ3v) is 1.70. The number of aromatic nitrogens is 1. The molecule has 0 aliphatic carbocycles. The van der Waals surface area contributed by atoms with Gasteiger partial charge < -0.3 is 14.2 Å². The molecule has 0 aliphatic rings. The summed E-state index contributed by atoms with van der Waals surface area (Å²) in [7, 11) is 2.31. The summed E-state index contributed by atoms with van der Waals surface area (Å²) in [4.78, 5) is 3.47. The molecule has 0 amide bonds. The predicted octanol–water partition coefficient (Wildman–Crippen LogP) is 1.87. The van der Waals surface area contributed by atoms with Crippen molar-refractivity contribution >= 4 is 0 Å². The van der Waals surface area contributed by atoms with E-state index in [1.807, 2.05) is 0 Å². The molecule has 0 atom stereocenters. The van der Waals surface area contributed by atoms with Crippen molar-refractivity contribution in [3.05, 3.63) is 11.9 Å². The molecule has 17 heavy (non-hydrogen) atoms. The minimum Gasteiger partial charge on any atom is -0.490 e. The molecule has 0 aromatic carbocycles.